The molecule has 1 aliphatic rings. The Kier molecular flexibility index (Phi) is 6.45. The molecular weight excluding hydrogens is 422 g/mol. The van der Waals surface area contributed by atoms with Gasteiger partial charge in [0.1, 0.15) is 0 Å². The fourth-order valence-electron chi connectivity index (χ4n) is 4.97. The summed E-state index contributed by atoms with van der Waals surface area (Å²) in [6.45, 7) is 7.37. The van der Waals surface area contributed by atoms with E-state index in [1.165, 1.54) is 27.6 Å². The zero-order chi connectivity index (χ0) is 23.5. The number of anilines is 1. The summed E-state index contributed by atoms with van der Waals surface area (Å²) in [5, 5.41) is 2.54. The first-order chi connectivity index (χ1) is 16.6. The van der Waals surface area contributed by atoms with Crippen molar-refractivity contribution in [2.75, 3.05) is 45.3 Å². The van der Waals surface area contributed by atoms with Gasteiger partial charge in [-0.1, -0.05) is 42.5 Å². The highest BCUT2D eigenvalue weighted by Gasteiger charge is 2.22. The van der Waals surface area contributed by atoms with E-state index in [9.17, 15) is 0 Å². The SMILES string of the molecule is COc1ccc(Cn2cc3ccc(N4CCN([C@H](C)c5ccccc5)CC4)cc3c2)cc1OC. The average molecular weight is 456 g/mol. The van der Waals surface area contributed by atoms with Crippen LogP contribution >= 0.6 is 0 Å². The molecule has 1 aromatic heterocycles. The Morgan fingerprint density at radius 3 is 2.24 bits per heavy atom. The van der Waals surface area contributed by atoms with Gasteiger partial charge in [-0.2, -0.15) is 0 Å². The summed E-state index contributed by atoms with van der Waals surface area (Å²) in [5.41, 5.74) is 3.89. The highest BCUT2D eigenvalue weighted by atomic mass is 16.5. The molecule has 1 atom stereocenters. The summed E-state index contributed by atoms with van der Waals surface area (Å²) in [4.78, 5) is 5.10. The maximum atomic E-state index is 5.46. The molecule has 5 heteroatoms. The number of benzene rings is 3. The zero-order valence-corrected chi connectivity index (χ0v) is 20.3. The van der Waals surface area contributed by atoms with Crippen molar-refractivity contribution < 1.29 is 9.47 Å². The van der Waals surface area contributed by atoms with Crippen LogP contribution in [0.3, 0.4) is 0 Å². The summed E-state index contributed by atoms with van der Waals surface area (Å²) in [7, 11) is 3.34. The van der Waals surface area contributed by atoms with E-state index < -0.39 is 0 Å². The maximum absolute atomic E-state index is 5.46. The van der Waals surface area contributed by atoms with Crippen molar-refractivity contribution in [3.63, 3.8) is 0 Å². The lowest BCUT2D eigenvalue weighted by atomic mass is 10.1. The Morgan fingerprint density at radius 1 is 0.765 bits per heavy atom. The van der Waals surface area contributed by atoms with E-state index in [1.54, 1.807) is 14.2 Å². The quantitative estimate of drug-likeness (QED) is 0.363. The summed E-state index contributed by atoms with van der Waals surface area (Å²) < 4.78 is 13.1. The molecule has 176 valence electrons. The molecule has 0 N–H and O–H groups in total. The fourth-order valence-corrected chi connectivity index (χ4v) is 4.97. The number of nitrogens with zero attached hydrogens (tertiary/aromatic N) is 3. The minimum absolute atomic E-state index is 0.455. The molecule has 1 aliphatic heterocycles. The Labute approximate surface area is 202 Å². The van der Waals surface area contributed by atoms with Crippen LogP contribution in [0.4, 0.5) is 5.69 Å². The molecular formula is C29H33N3O2. The molecule has 4 aromatic rings. The van der Waals surface area contributed by atoms with E-state index in [4.69, 9.17) is 9.47 Å². The minimum atomic E-state index is 0.455. The lowest BCUT2D eigenvalue weighted by Crippen LogP contribution is -2.47. The lowest BCUT2D eigenvalue weighted by molar-refractivity contribution is 0.198. The largest absolute Gasteiger partial charge is 0.493 e. The van der Waals surface area contributed by atoms with Crippen molar-refractivity contribution in [3.05, 3.63) is 90.3 Å². The number of hydrogen-bond acceptors (Lipinski definition) is 4. The van der Waals surface area contributed by atoms with E-state index in [-0.39, 0.29) is 0 Å². The number of aromatic nitrogens is 1. The third-order valence-electron chi connectivity index (χ3n) is 7.00. The van der Waals surface area contributed by atoms with Crippen molar-refractivity contribution >= 4 is 16.5 Å². The summed E-state index contributed by atoms with van der Waals surface area (Å²) in [5.74, 6) is 1.52. The molecule has 5 nitrogen and oxygen atoms in total. The van der Waals surface area contributed by atoms with Crippen LogP contribution in [-0.2, 0) is 6.54 Å². The minimum Gasteiger partial charge on any atom is -0.493 e. The van der Waals surface area contributed by atoms with Crippen LogP contribution in [0.5, 0.6) is 11.5 Å². The highest BCUT2D eigenvalue weighted by molar-refractivity contribution is 5.86. The van der Waals surface area contributed by atoms with Crippen molar-refractivity contribution in [1.82, 2.24) is 9.47 Å². The molecule has 0 unspecified atom stereocenters. The third-order valence-corrected chi connectivity index (χ3v) is 7.00. The van der Waals surface area contributed by atoms with E-state index >= 15 is 0 Å². The second-order valence-corrected chi connectivity index (χ2v) is 9.04. The summed E-state index contributed by atoms with van der Waals surface area (Å²) >= 11 is 0. The Hall–Kier alpha value is -3.44. The van der Waals surface area contributed by atoms with E-state index in [1.807, 2.05) is 12.1 Å². The predicted molar refractivity (Wildman–Crippen MR) is 139 cm³/mol. The molecule has 0 saturated carbocycles. The normalized spacial score (nSPS) is 15.4. The summed E-state index contributed by atoms with van der Waals surface area (Å²) in [6, 6.07) is 24.2. The van der Waals surface area contributed by atoms with Gasteiger partial charge in [-0.15, -0.1) is 0 Å². The van der Waals surface area contributed by atoms with Gasteiger partial charge in [0.05, 0.1) is 14.2 Å². The fraction of sp³-hybridized carbons (Fsp3) is 0.310. The van der Waals surface area contributed by atoms with Crippen molar-refractivity contribution in [2.24, 2.45) is 0 Å². The van der Waals surface area contributed by atoms with Gasteiger partial charge in [0, 0.05) is 62.2 Å². The number of hydrogen-bond donors (Lipinski definition) is 0. The monoisotopic (exact) mass is 455 g/mol. The van der Waals surface area contributed by atoms with E-state index in [0.29, 0.717) is 6.04 Å². The first-order valence-electron chi connectivity index (χ1n) is 12.0. The van der Waals surface area contributed by atoms with Crippen LogP contribution in [0, 0.1) is 0 Å². The topological polar surface area (TPSA) is 29.9 Å². The van der Waals surface area contributed by atoms with Gasteiger partial charge in [0.15, 0.2) is 11.5 Å². The molecule has 0 radical (unpaired) electrons. The van der Waals surface area contributed by atoms with E-state index in [2.05, 4.69) is 88.3 Å². The maximum Gasteiger partial charge on any atom is 0.161 e. The van der Waals surface area contributed by atoms with Crippen LogP contribution in [0.15, 0.2) is 79.1 Å². The predicted octanol–water partition coefficient (Wildman–Crippen LogP) is 5.59. The number of piperazine rings is 1. The first kappa shape index (κ1) is 22.4. The Morgan fingerprint density at radius 2 is 1.50 bits per heavy atom. The van der Waals surface area contributed by atoms with Crippen LogP contribution < -0.4 is 14.4 Å². The van der Waals surface area contributed by atoms with Crippen LogP contribution in [-0.4, -0.2) is 49.9 Å². The number of rotatable bonds is 7. The van der Waals surface area contributed by atoms with Crippen LogP contribution in [0.2, 0.25) is 0 Å². The first-order valence-corrected chi connectivity index (χ1v) is 12.0. The Bertz CT molecular complexity index is 1240. The van der Waals surface area contributed by atoms with Crippen molar-refractivity contribution in [3.8, 4) is 11.5 Å². The van der Waals surface area contributed by atoms with Crippen molar-refractivity contribution in [2.45, 2.75) is 19.5 Å². The van der Waals surface area contributed by atoms with E-state index in [0.717, 1.165) is 44.2 Å². The van der Waals surface area contributed by atoms with Gasteiger partial charge in [0.2, 0.25) is 0 Å². The number of fused-ring (bicyclic) bond motifs is 1. The Balaban J connectivity index is 1.26. The summed E-state index contributed by atoms with van der Waals surface area (Å²) in [6.07, 6.45) is 4.46. The molecule has 0 aliphatic carbocycles. The molecule has 2 heterocycles. The van der Waals surface area contributed by atoms with Gasteiger partial charge < -0.3 is 18.9 Å². The molecule has 1 saturated heterocycles. The molecule has 0 amide bonds. The van der Waals surface area contributed by atoms with Crippen LogP contribution in [0.25, 0.3) is 10.8 Å². The van der Waals surface area contributed by atoms with Gasteiger partial charge in [-0.05, 0) is 47.7 Å². The second kappa shape index (κ2) is 9.82. The third kappa shape index (κ3) is 4.62. The van der Waals surface area contributed by atoms with Gasteiger partial charge in [-0.3, -0.25) is 4.90 Å². The molecule has 0 bridgehead atoms. The second-order valence-electron chi connectivity index (χ2n) is 9.04. The molecule has 5 rings (SSSR count). The number of methoxy groups -OCH3 is 2. The standard InChI is InChI=1S/C29H33N3O2/c1-22(24-7-5-4-6-8-24)31-13-15-32(16-14-31)27-11-10-25-20-30(21-26(25)18-27)19-23-9-12-28(33-2)29(17-23)34-3/h4-12,17-18,20-22H,13-16,19H2,1-3H3/t22-/m1/s1. The lowest BCUT2D eigenvalue weighted by Gasteiger charge is -2.39. The molecule has 3 aromatic carbocycles. The van der Waals surface area contributed by atoms with Gasteiger partial charge in [0.25, 0.3) is 0 Å². The average Bonchev–Trinajstić information content (AvgIpc) is 3.30. The van der Waals surface area contributed by atoms with Gasteiger partial charge in [-0.25, -0.2) is 0 Å². The number of ether oxygens (including phenoxy) is 2. The highest BCUT2D eigenvalue weighted by Crippen LogP contribution is 2.29. The molecule has 0 spiro atoms. The smallest absolute Gasteiger partial charge is 0.161 e. The molecule has 34 heavy (non-hydrogen) atoms. The zero-order valence-electron chi connectivity index (χ0n) is 20.3. The van der Waals surface area contributed by atoms with Crippen molar-refractivity contribution in [1.29, 1.82) is 0 Å². The van der Waals surface area contributed by atoms with Gasteiger partial charge >= 0.3 is 0 Å². The molecule has 1 fully saturated rings. The van der Waals surface area contributed by atoms with Crippen LogP contribution in [0.1, 0.15) is 24.1 Å².